The molecule has 17 heavy (non-hydrogen) atoms. The van der Waals surface area contributed by atoms with Gasteiger partial charge in [-0.2, -0.15) is 0 Å². The largest absolute Gasteiger partial charge is 0.486 e. The van der Waals surface area contributed by atoms with Crippen molar-refractivity contribution in [3.63, 3.8) is 0 Å². The van der Waals surface area contributed by atoms with E-state index in [1.165, 1.54) is 11.1 Å². The molecule has 1 unspecified atom stereocenters. The van der Waals surface area contributed by atoms with E-state index in [1.54, 1.807) is 0 Å². The number of halogens is 1. The van der Waals surface area contributed by atoms with Crippen LogP contribution in [-0.4, -0.2) is 0 Å². The minimum Gasteiger partial charge on any atom is -0.486 e. The molecule has 0 aliphatic rings. The standard InChI is InChI=1S/C15H15BrO/c1-11-10-13(16)8-9-15(11)12(2)17-14-6-4-3-5-7-14/h3-10,12H,1-2H3. The van der Waals surface area contributed by atoms with Crippen molar-refractivity contribution in [2.24, 2.45) is 0 Å². The second-order valence-corrected chi connectivity index (χ2v) is 4.99. The number of rotatable bonds is 3. The van der Waals surface area contributed by atoms with E-state index >= 15 is 0 Å². The Bertz CT molecular complexity index is 494. The van der Waals surface area contributed by atoms with E-state index in [0.29, 0.717) is 0 Å². The van der Waals surface area contributed by atoms with Crippen molar-refractivity contribution in [1.82, 2.24) is 0 Å². The maximum atomic E-state index is 5.91. The molecule has 0 aromatic heterocycles. The van der Waals surface area contributed by atoms with E-state index < -0.39 is 0 Å². The molecule has 0 heterocycles. The van der Waals surface area contributed by atoms with Crippen LogP contribution in [0.3, 0.4) is 0 Å². The highest BCUT2D eigenvalue weighted by Crippen LogP contribution is 2.25. The first-order chi connectivity index (χ1) is 8.16. The fraction of sp³-hybridized carbons (Fsp3) is 0.200. The van der Waals surface area contributed by atoms with Crippen molar-refractivity contribution in [1.29, 1.82) is 0 Å². The van der Waals surface area contributed by atoms with Gasteiger partial charge in [-0.1, -0.05) is 40.2 Å². The van der Waals surface area contributed by atoms with Gasteiger partial charge >= 0.3 is 0 Å². The molecule has 2 aromatic rings. The smallest absolute Gasteiger partial charge is 0.121 e. The van der Waals surface area contributed by atoms with E-state index in [0.717, 1.165) is 10.2 Å². The van der Waals surface area contributed by atoms with Gasteiger partial charge in [0, 0.05) is 4.47 Å². The van der Waals surface area contributed by atoms with Crippen molar-refractivity contribution in [3.8, 4) is 5.75 Å². The molecule has 0 bridgehead atoms. The molecule has 0 saturated heterocycles. The Morgan fingerprint density at radius 2 is 1.76 bits per heavy atom. The minimum atomic E-state index is 0.0606. The second kappa shape index (κ2) is 5.37. The second-order valence-electron chi connectivity index (χ2n) is 4.07. The van der Waals surface area contributed by atoms with Crippen LogP contribution in [0.5, 0.6) is 5.75 Å². The zero-order chi connectivity index (χ0) is 12.3. The van der Waals surface area contributed by atoms with Gasteiger partial charge in [0.1, 0.15) is 11.9 Å². The molecule has 2 aromatic carbocycles. The van der Waals surface area contributed by atoms with Crippen LogP contribution in [0.1, 0.15) is 24.2 Å². The van der Waals surface area contributed by atoms with Crippen molar-refractivity contribution in [3.05, 3.63) is 64.1 Å². The first-order valence-electron chi connectivity index (χ1n) is 5.64. The Morgan fingerprint density at radius 1 is 1.06 bits per heavy atom. The molecule has 1 atom stereocenters. The van der Waals surface area contributed by atoms with Crippen LogP contribution < -0.4 is 4.74 Å². The highest BCUT2D eigenvalue weighted by Gasteiger charge is 2.09. The molecule has 0 aliphatic heterocycles. The van der Waals surface area contributed by atoms with E-state index in [-0.39, 0.29) is 6.10 Å². The summed E-state index contributed by atoms with van der Waals surface area (Å²) in [5.74, 6) is 0.905. The molecule has 0 N–H and O–H groups in total. The minimum absolute atomic E-state index is 0.0606. The van der Waals surface area contributed by atoms with Gasteiger partial charge in [-0.3, -0.25) is 0 Å². The summed E-state index contributed by atoms with van der Waals surface area (Å²) in [6.45, 7) is 4.17. The summed E-state index contributed by atoms with van der Waals surface area (Å²) in [5, 5.41) is 0. The normalized spacial score (nSPS) is 12.2. The summed E-state index contributed by atoms with van der Waals surface area (Å²) in [7, 11) is 0. The Kier molecular flexibility index (Phi) is 3.85. The third kappa shape index (κ3) is 3.10. The lowest BCUT2D eigenvalue weighted by Crippen LogP contribution is -2.04. The Labute approximate surface area is 111 Å². The molecular weight excluding hydrogens is 276 g/mol. The molecule has 0 spiro atoms. The Morgan fingerprint density at radius 3 is 2.41 bits per heavy atom. The van der Waals surface area contributed by atoms with Gasteiger partial charge in [-0.05, 0) is 49.2 Å². The first kappa shape index (κ1) is 12.2. The fourth-order valence-electron chi connectivity index (χ4n) is 1.86. The summed E-state index contributed by atoms with van der Waals surface area (Å²) < 4.78 is 7.01. The molecule has 0 aliphatic carbocycles. The summed E-state index contributed by atoms with van der Waals surface area (Å²) in [5.41, 5.74) is 2.46. The molecule has 0 saturated carbocycles. The first-order valence-corrected chi connectivity index (χ1v) is 6.44. The SMILES string of the molecule is Cc1cc(Br)ccc1C(C)Oc1ccccc1. The van der Waals surface area contributed by atoms with Crippen LogP contribution in [-0.2, 0) is 0 Å². The van der Waals surface area contributed by atoms with Gasteiger partial charge < -0.3 is 4.74 Å². The lowest BCUT2D eigenvalue weighted by atomic mass is 10.0. The highest BCUT2D eigenvalue weighted by molar-refractivity contribution is 9.10. The zero-order valence-corrected chi connectivity index (χ0v) is 11.6. The van der Waals surface area contributed by atoms with Crippen molar-refractivity contribution in [2.45, 2.75) is 20.0 Å². The molecular formula is C15H15BrO. The quantitative estimate of drug-likeness (QED) is 0.781. The predicted octanol–water partition coefficient (Wildman–Crippen LogP) is 4.90. The van der Waals surface area contributed by atoms with Crippen molar-refractivity contribution in [2.75, 3.05) is 0 Å². The number of ether oxygens (including phenoxy) is 1. The van der Waals surface area contributed by atoms with E-state index in [2.05, 4.69) is 41.9 Å². The van der Waals surface area contributed by atoms with E-state index in [9.17, 15) is 0 Å². The molecule has 0 fully saturated rings. The highest BCUT2D eigenvalue weighted by atomic mass is 79.9. The van der Waals surface area contributed by atoms with Crippen molar-refractivity contribution < 1.29 is 4.74 Å². The third-order valence-electron chi connectivity index (χ3n) is 2.73. The molecule has 1 nitrogen and oxygen atoms in total. The molecule has 2 heteroatoms. The zero-order valence-electron chi connectivity index (χ0n) is 9.98. The predicted molar refractivity (Wildman–Crippen MR) is 74.4 cm³/mol. The summed E-state index contributed by atoms with van der Waals surface area (Å²) in [4.78, 5) is 0. The lowest BCUT2D eigenvalue weighted by molar-refractivity contribution is 0.226. The number of benzene rings is 2. The topological polar surface area (TPSA) is 9.23 Å². The van der Waals surface area contributed by atoms with Gasteiger partial charge in [0.15, 0.2) is 0 Å². The number of hydrogen-bond acceptors (Lipinski definition) is 1. The molecule has 88 valence electrons. The number of hydrogen-bond donors (Lipinski definition) is 0. The lowest BCUT2D eigenvalue weighted by Gasteiger charge is -2.17. The maximum absolute atomic E-state index is 5.91. The summed E-state index contributed by atoms with van der Waals surface area (Å²) in [6.07, 6.45) is 0.0606. The van der Waals surface area contributed by atoms with Crippen LogP contribution in [0.2, 0.25) is 0 Å². The molecule has 0 radical (unpaired) electrons. The van der Waals surface area contributed by atoms with Crippen LogP contribution in [0.4, 0.5) is 0 Å². The maximum Gasteiger partial charge on any atom is 0.121 e. The number of para-hydroxylation sites is 1. The van der Waals surface area contributed by atoms with Gasteiger partial charge in [0.05, 0.1) is 0 Å². The van der Waals surface area contributed by atoms with Gasteiger partial charge in [0.25, 0.3) is 0 Å². The van der Waals surface area contributed by atoms with Crippen LogP contribution in [0.15, 0.2) is 53.0 Å². The van der Waals surface area contributed by atoms with Crippen molar-refractivity contribution >= 4 is 15.9 Å². The van der Waals surface area contributed by atoms with Gasteiger partial charge in [0.2, 0.25) is 0 Å². The Balaban J connectivity index is 2.17. The van der Waals surface area contributed by atoms with Gasteiger partial charge in [-0.15, -0.1) is 0 Å². The van der Waals surface area contributed by atoms with Crippen LogP contribution >= 0.6 is 15.9 Å². The third-order valence-corrected chi connectivity index (χ3v) is 3.22. The summed E-state index contributed by atoms with van der Waals surface area (Å²) >= 11 is 3.47. The van der Waals surface area contributed by atoms with Crippen LogP contribution in [0, 0.1) is 6.92 Å². The van der Waals surface area contributed by atoms with Crippen LogP contribution in [0.25, 0.3) is 0 Å². The number of aryl methyl sites for hydroxylation is 1. The molecule has 0 amide bonds. The average molecular weight is 291 g/mol. The Hall–Kier alpha value is -1.28. The molecule has 2 rings (SSSR count). The van der Waals surface area contributed by atoms with E-state index in [1.807, 2.05) is 36.4 Å². The average Bonchev–Trinajstić information content (AvgIpc) is 2.30. The summed E-state index contributed by atoms with van der Waals surface area (Å²) in [6, 6.07) is 16.2. The monoisotopic (exact) mass is 290 g/mol. The van der Waals surface area contributed by atoms with Gasteiger partial charge in [-0.25, -0.2) is 0 Å². The van der Waals surface area contributed by atoms with E-state index in [4.69, 9.17) is 4.74 Å². The fourth-order valence-corrected chi connectivity index (χ4v) is 2.34.